The zero-order valence-corrected chi connectivity index (χ0v) is 16.4. The summed E-state index contributed by atoms with van der Waals surface area (Å²) in [6.45, 7) is 2.10. The molecule has 6 heteroatoms. The fourth-order valence-corrected chi connectivity index (χ4v) is 3.27. The second-order valence-electron chi connectivity index (χ2n) is 6.83. The summed E-state index contributed by atoms with van der Waals surface area (Å²) in [7, 11) is 0. The minimum Gasteiger partial charge on any atom is -0.268 e. The Labute approximate surface area is 172 Å². The molecule has 1 aromatic heterocycles. The van der Waals surface area contributed by atoms with E-state index in [1.165, 1.54) is 22.3 Å². The van der Waals surface area contributed by atoms with Gasteiger partial charge < -0.3 is 0 Å². The molecule has 30 heavy (non-hydrogen) atoms. The third-order valence-electron chi connectivity index (χ3n) is 4.93. The van der Waals surface area contributed by atoms with Crippen molar-refractivity contribution in [3.05, 3.63) is 110 Å². The van der Waals surface area contributed by atoms with Crippen LogP contribution in [-0.4, -0.2) is 14.5 Å². The average Bonchev–Trinajstić information content (AvgIpc) is 2.78. The predicted octanol–water partition coefficient (Wildman–Crippen LogP) is 5.03. The molecule has 3 aromatic carbocycles. The Balaban J connectivity index is 1.86. The van der Waals surface area contributed by atoms with Gasteiger partial charge in [0.15, 0.2) is 0 Å². The molecule has 4 rings (SSSR count). The van der Waals surface area contributed by atoms with Crippen LogP contribution in [-0.2, 0) is 6.42 Å². The van der Waals surface area contributed by atoms with E-state index in [9.17, 15) is 14.9 Å². The summed E-state index contributed by atoms with van der Waals surface area (Å²) >= 11 is 0. The van der Waals surface area contributed by atoms with E-state index in [2.05, 4.69) is 24.0 Å². The SMILES string of the molecule is CCc1ccc(/C=C/c2nc3ccccc3c(=O)n2-c2ccc([N+](=O)[O-])cc2)cc1. The number of nitro benzene ring substituents is 1. The molecule has 0 saturated carbocycles. The Hall–Kier alpha value is -4.06. The van der Waals surface area contributed by atoms with Crippen LogP contribution in [0, 0.1) is 10.1 Å². The van der Waals surface area contributed by atoms with Gasteiger partial charge in [0, 0.05) is 12.1 Å². The number of non-ortho nitro benzene ring substituents is 1. The van der Waals surface area contributed by atoms with Gasteiger partial charge in [0.25, 0.3) is 11.2 Å². The maximum Gasteiger partial charge on any atom is 0.269 e. The number of hydrogen-bond donors (Lipinski definition) is 0. The van der Waals surface area contributed by atoms with Crippen molar-refractivity contribution in [2.45, 2.75) is 13.3 Å². The lowest BCUT2D eigenvalue weighted by molar-refractivity contribution is -0.384. The second kappa shape index (κ2) is 8.13. The normalized spacial score (nSPS) is 11.2. The van der Waals surface area contributed by atoms with Crippen LogP contribution in [0.5, 0.6) is 0 Å². The maximum absolute atomic E-state index is 13.2. The Morgan fingerprint density at radius 2 is 1.67 bits per heavy atom. The van der Waals surface area contributed by atoms with Gasteiger partial charge in [0.05, 0.1) is 21.5 Å². The molecule has 0 aliphatic carbocycles. The van der Waals surface area contributed by atoms with Gasteiger partial charge in [-0.3, -0.25) is 19.5 Å². The third-order valence-corrected chi connectivity index (χ3v) is 4.93. The lowest BCUT2D eigenvalue weighted by Crippen LogP contribution is -2.22. The van der Waals surface area contributed by atoms with Gasteiger partial charge in [-0.05, 0) is 47.9 Å². The highest BCUT2D eigenvalue weighted by atomic mass is 16.6. The van der Waals surface area contributed by atoms with E-state index in [1.807, 2.05) is 24.3 Å². The molecule has 0 saturated heterocycles. The first-order chi connectivity index (χ1) is 14.6. The summed E-state index contributed by atoms with van der Waals surface area (Å²) in [5.41, 5.74) is 3.10. The molecule has 0 unspecified atom stereocenters. The fourth-order valence-electron chi connectivity index (χ4n) is 3.27. The van der Waals surface area contributed by atoms with Crippen LogP contribution < -0.4 is 5.56 Å². The number of nitrogens with zero attached hydrogens (tertiary/aromatic N) is 3. The molecule has 0 amide bonds. The first kappa shape index (κ1) is 19.3. The maximum atomic E-state index is 13.2. The van der Waals surface area contributed by atoms with E-state index in [0.29, 0.717) is 22.4 Å². The van der Waals surface area contributed by atoms with Crippen molar-refractivity contribution in [1.82, 2.24) is 9.55 Å². The van der Waals surface area contributed by atoms with Crippen molar-refractivity contribution < 1.29 is 4.92 Å². The molecular weight excluding hydrogens is 378 g/mol. The van der Waals surface area contributed by atoms with Crippen molar-refractivity contribution in [3.8, 4) is 5.69 Å². The highest BCUT2D eigenvalue weighted by Crippen LogP contribution is 2.18. The standard InChI is InChI=1S/C24H19N3O3/c1-2-17-7-9-18(10-8-17)11-16-23-25-22-6-4-3-5-21(22)24(28)26(23)19-12-14-20(15-13-19)27(29)30/h3-16H,2H2,1H3/b16-11+. The molecule has 0 aliphatic heterocycles. The van der Waals surface area contributed by atoms with Crippen molar-refractivity contribution in [3.63, 3.8) is 0 Å². The van der Waals surface area contributed by atoms with E-state index in [-0.39, 0.29) is 11.2 Å². The van der Waals surface area contributed by atoms with Gasteiger partial charge in [-0.2, -0.15) is 0 Å². The number of aromatic nitrogens is 2. The summed E-state index contributed by atoms with van der Waals surface area (Å²) in [6, 6.07) is 21.2. The largest absolute Gasteiger partial charge is 0.269 e. The molecule has 0 fully saturated rings. The number of para-hydroxylation sites is 1. The second-order valence-corrected chi connectivity index (χ2v) is 6.83. The highest BCUT2D eigenvalue weighted by Gasteiger charge is 2.12. The van der Waals surface area contributed by atoms with Crippen LogP contribution in [0.3, 0.4) is 0 Å². The molecule has 0 N–H and O–H groups in total. The van der Waals surface area contributed by atoms with Crippen LogP contribution in [0.4, 0.5) is 5.69 Å². The molecule has 6 nitrogen and oxygen atoms in total. The van der Waals surface area contributed by atoms with E-state index >= 15 is 0 Å². The topological polar surface area (TPSA) is 78.0 Å². The quantitative estimate of drug-likeness (QED) is 0.350. The van der Waals surface area contributed by atoms with Crippen LogP contribution >= 0.6 is 0 Å². The molecule has 1 heterocycles. The number of fused-ring (bicyclic) bond motifs is 1. The van der Waals surface area contributed by atoms with Gasteiger partial charge >= 0.3 is 0 Å². The molecule has 0 atom stereocenters. The zero-order chi connectivity index (χ0) is 21.1. The zero-order valence-electron chi connectivity index (χ0n) is 16.4. The van der Waals surface area contributed by atoms with Gasteiger partial charge in [0.2, 0.25) is 0 Å². The van der Waals surface area contributed by atoms with Gasteiger partial charge in [-0.1, -0.05) is 49.4 Å². The summed E-state index contributed by atoms with van der Waals surface area (Å²) in [6.07, 6.45) is 4.66. The van der Waals surface area contributed by atoms with Crippen LogP contribution in [0.2, 0.25) is 0 Å². The summed E-state index contributed by atoms with van der Waals surface area (Å²) in [5, 5.41) is 11.5. The van der Waals surface area contributed by atoms with E-state index in [1.54, 1.807) is 36.4 Å². The fraction of sp³-hybridized carbons (Fsp3) is 0.0833. The lowest BCUT2D eigenvalue weighted by Gasteiger charge is -2.11. The number of aryl methyl sites for hydroxylation is 1. The molecule has 148 valence electrons. The average molecular weight is 397 g/mol. The molecule has 0 bridgehead atoms. The highest BCUT2D eigenvalue weighted by molar-refractivity contribution is 5.80. The van der Waals surface area contributed by atoms with Crippen LogP contribution in [0.15, 0.2) is 77.6 Å². The first-order valence-corrected chi connectivity index (χ1v) is 9.60. The first-order valence-electron chi connectivity index (χ1n) is 9.60. The number of hydrogen-bond acceptors (Lipinski definition) is 4. The Kier molecular flexibility index (Phi) is 5.22. The third kappa shape index (κ3) is 3.75. The summed E-state index contributed by atoms with van der Waals surface area (Å²) in [4.78, 5) is 28.4. The van der Waals surface area contributed by atoms with Crippen LogP contribution in [0.25, 0.3) is 28.7 Å². The predicted molar refractivity (Wildman–Crippen MR) is 119 cm³/mol. The number of nitro groups is 1. The Morgan fingerprint density at radius 1 is 0.967 bits per heavy atom. The van der Waals surface area contributed by atoms with E-state index in [4.69, 9.17) is 0 Å². The van der Waals surface area contributed by atoms with Gasteiger partial charge in [0.1, 0.15) is 5.82 Å². The summed E-state index contributed by atoms with van der Waals surface area (Å²) in [5.74, 6) is 0.451. The minimum atomic E-state index is -0.466. The van der Waals surface area contributed by atoms with E-state index < -0.39 is 4.92 Å². The smallest absolute Gasteiger partial charge is 0.268 e. The molecule has 0 spiro atoms. The van der Waals surface area contributed by atoms with Crippen molar-refractivity contribution in [2.24, 2.45) is 0 Å². The van der Waals surface area contributed by atoms with Crippen molar-refractivity contribution in [1.29, 1.82) is 0 Å². The molecule has 4 aromatic rings. The Bertz CT molecular complexity index is 1300. The van der Waals surface area contributed by atoms with Crippen molar-refractivity contribution >= 4 is 28.7 Å². The molecular formula is C24H19N3O3. The Morgan fingerprint density at radius 3 is 2.33 bits per heavy atom. The van der Waals surface area contributed by atoms with Crippen LogP contribution in [0.1, 0.15) is 23.9 Å². The van der Waals surface area contributed by atoms with Gasteiger partial charge in [-0.25, -0.2) is 4.98 Å². The summed E-state index contributed by atoms with van der Waals surface area (Å²) < 4.78 is 1.48. The van der Waals surface area contributed by atoms with E-state index in [0.717, 1.165) is 12.0 Å². The molecule has 0 radical (unpaired) electrons. The number of benzene rings is 3. The lowest BCUT2D eigenvalue weighted by atomic mass is 10.1. The molecule has 0 aliphatic rings. The van der Waals surface area contributed by atoms with Gasteiger partial charge in [-0.15, -0.1) is 0 Å². The minimum absolute atomic E-state index is 0.0337. The monoisotopic (exact) mass is 397 g/mol. The van der Waals surface area contributed by atoms with Crippen molar-refractivity contribution in [2.75, 3.05) is 0 Å². The number of rotatable bonds is 5.